The number of nitrogens with zero attached hydrogens (tertiary/aromatic N) is 1. The van der Waals surface area contributed by atoms with Crippen molar-refractivity contribution in [2.24, 2.45) is 0 Å². The molecule has 0 radical (unpaired) electrons. The molecule has 1 unspecified atom stereocenters. The molecule has 2 N–H and O–H groups in total. The molecule has 0 bridgehead atoms. The largest absolute Gasteiger partial charge is 0.479 e. The molecule has 0 fully saturated rings. The Morgan fingerprint density at radius 1 is 1.23 bits per heavy atom. The van der Waals surface area contributed by atoms with Crippen LogP contribution in [0.5, 0.6) is 5.75 Å². The number of likely N-dealkylation sites (N-methyl/N-ethyl adjacent to an activating group) is 1. The standard InChI is InChI=1S/C22H27N3O5S/c1-6-16-9-7-8-13(2)21(16)24-20(26)12-25(5)31(28,29)19-11-18-17(10-14(19)3)23-22(27)15(4)30-18/h7-11,15H,6,12H2,1-5H3,(H,23,27)(H,24,26). The van der Waals surface area contributed by atoms with Gasteiger partial charge in [0, 0.05) is 18.8 Å². The summed E-state index contributed by atoms with van der Waals surface area (Å²) in [5.41, 5.74) is 3.47. The van der Waals surface area contributed by atoms with E-state index >= 15 is 0 Å². The van der Waals surface area contributed by atoms with E-state index in [0.717, 1.165) is 21.9 Å². The summed E-state index contributed by atoms with van der Waals surface area (Å²) in [6, 6.07) is 8.69. The number of fused-ring (bicyclic) bond motifs is 1. The number of hydrogen-bond acceptors (Lipinski definition) is 5. The van der Waals surface area contributed by atoms with E-state index in [1.807, 2.05) is 32.0 Å². The molecule has 0 spiro atoms. The highest BCUT2D eigenvalue weighted by atomic mass is 32.2. The van der Waals surface area contributed by atoms with Gasteiger partial charge in [-0.05, 0) is 49.9 Å². The number of ether oxygens (including phenoxy) is 1. The van der Waals surface area contributed by atoms with Gasteiger partial charge in [-0.1, -0.05) is 25.1 Å². The first kappa shape index (κ1) is 22.8. The maximum atomic E-state index is 13.2. The van der Waals surface area contributed by atoms with Crippen LogP contribution in [-0.4, -0.2) is 44.2 Å². The van der Waals surface area contributed by atoms with Crippen LogP contribution >= 0.6 is 0 Å². The molecule has 1 aliphatic rings. The Morgan fingerprint density at radius 3 is 2.61 bits per heavy atom. The van der Waals surface area contributed by atoms with Crippen molar-refractivity contribution in [3.05, 3.63) is 47.0 Å². The van der Waals surface area contributed by atoms with Crippen molar-refractivity contribution in [2.45, 2.75) is 45.1 Å². The molecule has 3 rings (SSSR count). The first-order chi connectivity index (χ1) is 14.5. The molecule has 0 saturated carbocycles. The lowest BCUT2D eigenvalue weighted by Gasteiger charge is -2.25. The molecular formula is C22H27N3O5S. The fraction of sp³-hybridized carbons (Fsp3) is 0.364. The van der Waals surface area contributed by atoms with Crippen LogP contribution in [0.1, 0.15) is 30.5 Å². The predicted molar refractivity (Wildman–Crippen MR) is 119 cm³/mol. The van der Waals surface area contributed by atoms with Crippen LogP contribution in [-0.2, 0) is 26.0 Å². The van der Waals surface area contributed by atoms with E-state index in [-0.39, 0.29) is 23.1 Å². The van der Waals surface area contributed by atoms with Gasteiger partial charge in [0.1, 0.15) is 5.75 Å². The quantitative estimate of drug-likeness (QED) is 0.711. The number of rotatable bonds is 6. The lowest BCUT2D eigenvalue weighted by atomic mass is 10.1. The summed E-state index contributed by atoms with van der Waals surface area (Å²) in [5.74, 6) is -0.441. The predicted octanol–water partition coefficient (Wildman–Crippen LogP) is 2.84. The van der Waals surface area contributed by atoms with Crippen molar-refractivity contribution in [1.82, 2.24) is 4.31 Å². The number of nitrogens with one attached hydrogen (secondary N) is 2. The van der Waals surface area contributed by atoms with Crippen LogP contribution in [0.4, 0.5) is 11.4 Å². The molecule has 2 aromatic carbocycles. The highest BCUT2D eigenvalue weighted by Crippen LogP contribution is 2.35. The van der Waals surface area contributed by atoms with Crippen LogP contribution < -0.4 is 15.4 Å². The van der Waals surface area contributed by atoms with E-state index < -0.39 is 22.0 Å². The number of sulfonamides is 1. The molecule has 31 heavy (non-hydrogen) atoms. The lowest BCUT2D eigenvalue weighted by Crippen LogP contribution is -2.36. The Hall–Kier alpha value is -2.91. The van der Waals surface area contributed by atoms with E-state index in [1.54, 1.807) is 19.9 Å². The van der Waals surface area contributed by atoms with Gasteiger partial charge in [0.15, 0.2) is 6.10 Å². The molecule has 1 aliphatic heterocycles. The number of carbonyl (C=O) groups is 2. The fourth-order valence-corrected chi connectivity index (χ4v) is 4.80. The molecule has 1 heterocycles. The zero-order valence-electron chi connectivity index (χ0n) is 18.3. The van der Waals surface area contributed by atoms with Crippen molar-refractivity contribution < 1.29 is 22.7 Å². The zero-order valence-corrected chi connectivity index (χ0v) is 19.1. The van der Waals surface area contributed by atoms with Crippen molar-refractivity contribution in [1.29, 1.82) is 0 Å². The number of hydrogen-bond donors (Lipinski definition) is 2. The summed E-state index contributed by atoms with van der Waals surface area (Å²) in [5, 5.41) is 5.54. The maximum absolute atomic E-state index is 13.2. The zero-order chi connectivity index (χ0) is 22.9. The number of anilines is 2. The van der Waals surface area contributed by atoms with Gasteiger partial charge in [-0.15, -0.1) is 0 Å². The monoisotopic (exact) mass is 445 g/mol. The number of carbonyl (C=O) groups excluding carboxylic acids is 2. The highest BCUT2D eigenvalue weighted by Gasteiger charge is 2.30. The summed E-state index contributed by atoms with van der Waals surface area (Å²) in [6.07, 6.45) is 0.0190. The maximum Gasteiger partial charge on any atom is 0.265 e. The van der Waals surface area contributed by atoms with Crippen molar-refractivity contribution in [2.75, 3.05) is 24.2 Å². The second kappa shape index (κ2) is 8.68. The molecule has 1 atom stereocenters. The third kappa shape index (κ3) is 4.57. The molecular weight excluding hydrogens is 418 g/mol. The van der Waals surface area contributed by atoms with Gasteiger partial charge in [0.05, 0.1) is 17.1 Å². The van der Waals surface area contributed by atoms with Crippen LogP contribution in [0.3, 0.4) is 0 Å². The third-order valence-corrected chi connectivity index (χ3v) is 7.21. The van der Waals surface area contributed by atoms with Gasteiger partial charge in [0.25, 0.3) is 5.91 Å². The van der Waals surface area contributed by atoms with Gasteiger partial charge in [-0.3, -0.25) is 9.59 Å². The van der Waals surface area contributed by atoms with Crippen LogP contribution in [0.15, 0.2) is 35.2 Å². The average molecular weight is 446 g/mol. The number of para-hydroxylation sites is 1. The van der Waals surface area contributed by atoms with Gasteiger partial charge < -0.3 is 15.4 Å². The summed E-state index contributed by atoms with van der Waals surface area (Å²) in [6.45, 7) is 6.76. The van der Waals surface area contributed by atoms with Crippen molar-refractivity contribution >= 4 is 33.2 Å². The Labute approximate surface area is 182 Å². The second-order valence-electron chi connectivity index (χ2n) is 7.64. The highest BCUT2D eigenvalue weighted by molar-refractivity contribution is 7.89. The number of aryl methyl sites for hydroxylation is 3. The van der Waals surface area contributed by atoms with Gasteiger partial charge in [-0.2, -0.15) is 4.31 Å². The summed E-state index contributed by atoms with van der Waals surface area (Å²) < 4.78 is 32.9. The minimum atomic E-state index is -3.97. The summed E-state index contributed by atoms with van der Waals surface area (Å²) >= 11 is 0. The van der Waals surface area contributed by atoms with Crippen LogP contribution in [0.2, 0.25) is 0 Å². The molecule has 0 saturated heterocycles. The van der Waals surface area contributed by atoms with Gasteiger partial charge in [-0.25, -0.2) is 8.42 Å². The van der Waals surface area contributed by atoms with Crippen molar-refractivity contribution in [3.8, 4) is 5.75 Å². The number of benzene rings is 2. The molecule has 166 valence electrons. The smallest absolute Gasteiger partial charge is 0.265 e. The normalized spacial score (nSPS) is 15.8. The van der Waals surface area contributed by atoms with E-state index in [2.05, 4.69) is 10.6 Å². The molecule has 0 aliphatic carbocycles. The molecule has 8 nitrogen and oxygen atoms in total. The van der Waals surface area contributed by atoms with Crippen LogP contribution in [0, 0.1) is 13.8 Å². The van der Waals surface area contributed by atoms with Gasteiger partial charge >= 0.3 is 0 Å². The third-order valence-electron chi connectivity index (χ3n) is 5.27. The average Bonchev–Trinajstić information content (AvgIpc) is 2.70. The minimum absolute atomic E-state index is 0.0232. The van der Waals surface area contributed by atoms with E-state index in [9.17, 15) is 18.0 Å². The Balaban J connectivity index is 1.82. The summed E-state index contributed by atoms with van der Waals surface area (Å²) in [4.78, 5) is 24.4. The van der Waals surface area contributed by atoms with E-state index in [4.69, 9.17) is 4.74 Å². The first-order valence-electron chi connectivity index (χ1n) is 10.0. The minimum Gasteiger partial charge on any atom is -0.479 e. The van der Waals surface area contributed by atoms with E-state index in [0.29, 0.717) is 16.9 Å². The van der Waals surface area contributed by atoms with E-state index in [1.165, 1.54) is 13.1 Å². The van der Waals surface area contributed by atoms with Gasteiger partial charge in [0.2, 0.25) is 15.9 Å². The van der Waals surface area contributed by atoms with Crippen LogP contribution in [0.25, 0.3) is 0 Å². The second-order valence-corrected chi connectivity index (χ2v) is 9.65. The SMILES string of the molecule is CCc1cccc(C)c1NC(=O)CN(C)S(=O)(=O)c1cc2c(cc1C)NC(=O)C(C)O2. The molecule has 9 heteroatoms. The topological polar surface area (TPSA) is 105 Å². The number of amides is 2. The molecule has 2 aromatic rings. The van der Waals surface area contributed by atoms with Crippen molar-refractivity contribution in [3.63, 3.8) is 0 Å². The molecule has 2 amide bonds. The Kier molecular flexibility index (Phi) is 6.38. The Morgan fingerprint density at radius 2 is 1.94 bits per heavy atom. The lowest BCUT2D eigenvalue weighted by molar-refractivity contribution is -0.122. The first-order valence-corrected chi connectivity index (χ1v) is 11.5. The fourth-order valence-electron chi connectivity index (χ4n) is 3.46. The summed E-state index contributed by atoms with van der Waals surface area (Å²) in [7, 11) is -2.61. The molecule has 0 aromatic heterocycles. The Bertz CT molecular complexity index is 1140.